The number of ketones is 1. The minimum atomic E-state index is -0.980. The number of hydrogen-bond acceptors (Lipinski definition) is 2. The number of rotatable bonds is 4. The minimum absolute atomic E-state index is 0.0335. The lowest BCUT2D eigenvalue weighted by Gasteiger charge is -2.07. The van der Waals surface area contributed by atoms with E-state index in [-0.39, 0.29) is 12.2 Å². The number of aliphatic carboxylic acids is 1. The summed E-state index contributed by atoms with van der Waals surface area (Å²) >= 11 is 9.00. The molecule has 1 rings (SSSR count). The van der Waals surface area contributed by atoms with Gasteiger partial charge in [-0.15, -0.1) is 0 Å². The molecule has 0 saturated carbocycles. The summed E-state index contributed by atoms with van der Waals surface area (Å²) < 4.78 is 0.625. The Morgan fingerprint density at radius 3 is 2.69 bits per heavy atom. The molecule has 86 valence electrons. The summed E-state index contributed by atoms with van der Waals surface area (Å²) in [6.07, 6.45) is -0.0335. The van der Waals surface area contributed by atoms with Crippen LogP contribution in [-0.4, -0.2) is 16.9 Å². The fraction of sp³-hybridized carbons (Fsp3) is 0.273. The predicted octanol–water partition coefficient (Wildman–Crippen LogP) is 3.40. The number of halogens is 2. The number of carbonyl (C=O) groups excluding carboxylic acids is 1. The summed E-state index contributed by atoms with van der Waals surface area (Å²) in [5, 5.41) is 9.16. The Morgan fingerprint density at radius 1 is 1.50 bits per heavy atom. The molecule has 0 amide bonds. The monoisotopic (exact) mass is 304 g/mol. The summed E-state index contributed by atoms with van der Waals surface area (Å²) in [6, 6.07) is 4.85. The third-order valence-corrected chi connectivity index (χ3v) is 3.07. The SMILES string of the molecule is CC(CC(=O)c1cc(Cl)ccc1Br)C(=O)O. The molecule has 3 nitrogen and oxygen atoms in total. The fourth-order valence-corrected chi connectivity index (χ4v) is 1.83. The quantitative estimate of drug-likeness (QED) is 0.867. The van der Waals surface area contributed by atoms with Crippen molar-refractivity contribution in [3.05, 3.63) is 33.3 Å². The number of carboxylic acids is 1. The van der Waals surface area contributed by atoms with Crippen molar-refractivity contribution in [2.75, 3.05) is 0 Å². The third kappa shape index (κ3) is 3.32. The number of benzene rings is 1. The second-order valence-corrected chi connectivity index (χ2v) is 4.78. The van der Waals surface area contributed by atoms with E-state index in [0.29, 0.717) is 15.1 Å². The molecule has 0 aliphatic heterocycles. The van der Waals surface area contributed by atoms with E-state index in [2.05, 4.69) is 15.9 Å². The van der Waals surface area contributed by atoms with E-state index < -0.39 is 11.9 Å². The molecule has 1 atom stereocenters. The van der Waals surface area contributed by atoms with E-state index in [1.165, 1.54) is 13.0 Å². The Labute approximate surface area is 107 Å². The topological polar surface area (TPSA) is 54.4 Å². The Hall–Kier alpha value is -0.870. The number of carboxylic acid groups (broad SMARTS) is 1. The van der Waals surface area contributed by atoms with Gasteiger partial charge < -0.3 is 5.11 Å². The Kier molecular flexibility index (Phi) is 4.50. The van der Waals surface area contributed by atoms with Crippen LogP contribution in [0.1, 0.15) is 23.7 Å². The van der Waals surface area contributed by atoms with Crippen molar-refractivity contribution in [3.63, 3.8) is 0 Å². The lowest BCUT2D eigenvalue weighted by molar-refractivity contribution is -0.141. The normalized spacial score (nSPS) is 12.2. The van der Waals surface area contributed by atoms with Gasteiger partial charge in [0.1, 0.15) is 0 Å². The molecule has 16 heavy (non-hydrogen) atoms. The highest BCUT2D eigenvalue weighted by atomic mass is 79.9. The van der Waals surface area contributed by atoms with Crippen LogP contribution in [0.4, 0.5) is 0 Å². The summed E-state index contributed by atoms with van der Waals surface area (Å²) in [5.41, 5.74) is 0.417. The summed E-state index contributed by atoms with van der Waals surface area (Å²) in [4.78, 5) is 22.4. The van der Waals surface area contributed by atoms with Crippen LogP contribution < -0.4 is 0 Å². The standard InChI is InChI=1S/C11H10BrClO3/c1-6(11(15)16)4-10(14)8-5-7(13)2-3-9(8)12/h2-3,5-6H,4H2,1H3,(H,15,16). The molecule has 1 N–H and O–H groups in total. The van der Waals surface area contributed by atoms with Crippen molar-refractivity contribution in [3.8, 4) is 0 Å². The highest BCUT2D eigenvalue weighted by Gasteiger charge is 2.18. The van der Waals surface area contributed by atoms with Gasteiger partial charge in [-0.05, 0) is 18.2 Å². The van der Waals surface area contributed by atoms with Gasteiger partial charge in [-0.1, -0.05) is 34.5 Å². The molecular formula is C11H10BrClO3. The van der Waals surface area contributed by atoms with Crippen molar-refractivity contribution < 1.29 is 14.7 Å². The van der Waals surface area contributed by atoms with Crippen LogP contribution in [0.2, 0.25) is 5.02 Å². The van der Waals surface area contributed by atoms with E-state index in [9.17, 15) is 9.59 Å². The van der Waals surface area contributed by atoms with Gasteiger partial charge >= 0.3 is 5.97 Å². The highest BCUT2D eigenvalue weighted by Crippen LogP contribution is 2.23. The van der Waals surface area contributed by atoms with Gasteiger partial charge in [-0.25, -0.2) is 0 Å². The zero-order valence-electron chi connectivity index (χ0n) is 8.54. The molecule has 0 aliphatic rings. The average molecular weight is 306 g/mol. The van der Waals surface area contributed by atoms with Crippen LogP contribution in [-0.2, 0) is 4.79 Å². The molecule has 0 saturated heterocycles. The first-order valence-corrected chi connectivity index (χ1v) is 5.80. The van der Waals surface area contributed by atoms with Crippen LogP contribution in [0.3, 0.4) is 0 Å². The zero-order chi connectivity index (χ0) is 12.3. The van der Waals surface area contributed by atoms with Crippen LogP contribution in [0.15, 0.2) is 22.7 Å². The van der Waals surface area contributed by atoms with E-state index in [0.717, 1.165) is 0 Å². The molecule has 0 aliphatic carbocycles. The lowest BCUT2D eigenvalue weighted by atomic mass is 10.00. The van der Waals surface area contributed by atoms with Gasteiger partial charge in [0.15, 0.2) is 5.78 Å². The van der Waals surface area contributed by atoms with Crippen LogP contribution in [0.25, 0.3) is 0 Å². The van der Waals surface area contributed by atoms with Crippen molar-refractivity contribution >= 4 is 39.3 Å². The maximum atomic E-state index is 11.8. The molecule has 0 bridgehead atoms. The van der Waals surface area contributed by atoms with Crippen molar-refractivity contribution in [1.29, 1.82) is 0 Å². The predicted molar refractivity (Wildman–Crippen MR) is 64.9 cm³/mol. The van der Waals surface area contributed by atoms with E-state index >= 15 is 0 Å². The summed E-state index contributed by atoms with van der Waals surface area (Å²) in [7, 11) is 0. The Bertz CT molecular complexity index is 431. The zero-order valence-corrected chi connectivity index (χ0v) is 10.9. The highest BCUT2D eigenvalue weighted by molar-refractivity contribution is 9.10. The fourth-order valence-electron chi connectivity index (χ4n) is 1.19. The van der Waals surface area contributed by atoms with Crippen molar-refractivity contribution in [1.82, 2.24) is 0 Å². The maximum absolute atomic E-state index is 11.8. The smallest absolute Gasteiger partial charge is 0.306 e. The maximum Gasteiger partial charge on any atom is 0.306 e. The van der Waals surface area contributed by atoms with Crippen molar-refractivity contribution in [2.45, 2.75) is 13.3 Å². The first kappa shape index (κ1) is 13.2. The number of carbonyl (C=O) groups is 2. The Balaban J connectivity index is 2.88. The minimum Gasteiger partial charge on any atom is -0.481 e. The molecule has 0 heterocycles. The molecule has 0 radical (unpaired) electrons. The molecule has 5 heteroatoms. The van der Waals surface area contributed by atoms with E-state index in [4.69, 9.17) is 16.7 Å². The lowest BCUT2D eigenvalue weighted by Crippen LogP contribution is -2.15. The summed E-state index contributed by atoms with van der Waals surface area (Å²) in [5.74, 6) is -1.91. The number of hydrogen-bond donors (Lipinski definition) is 1. The molecule has 0 fully saturated rings. The molecule has 1 aromatic rings. The first-order valence-electron chi connectivity index (χ1n) is 4.63. The van der Waals surface area contributed by atoms with E-state index in [1.807, 2.05) is 0 Å². The van der Waals surface area contributed by atoms with Gasteiger partial charge in [0.2, 0.25) is 0 Å². The molecule has 1 unspecified atom stereocenters. The largest absolute Gasteiger partial charge is 0.481 e. The van der Waals surface area contributed by atoms with Crippen LogP contribution in [0.5, 0.6) is 0 Å². The molecule has 1 aromatic carbocycles. The van der Waals surface area contributed by atoms with Gasteiger partial charge in [-0.3, -0.25) is 9.59 Å². The van der Waals surface area contributed by atoms with Crippen molar-refractivity contribution in [2.24, 2.45) is 5.92 Å². The van der Waals surface area contributed by atoms with Crippen LogP contribution >= 0.6 is 27.5 Å². The molecular weight excluding hydrogens is 295 g/mol. The van der Waals surface area contributed by atoms with E-state index in [1.54, 1.807) is 12.1 Å². The molecule has 0 spiro atoms. The van der Waals surface area contributed by atoms with Gasteiger partial charge in [0.05, 0.1) is 5.92 Å². The average Bonchev–Trinajstić information content (AvgIpc) is 2.21. The first-order chi connectivity index (χ1) is 7.41. The summed E-state index contributed by atoms with van der Waals surface area (Å²) in [6.45, 7) is 1.50. The second kappa shape index (κ2) is 5.46. The van der Waals surface area contributed by atoms with Crippen LogP contribution in [0, 0.1) is 5.92 Å². The second-order valence-electron chi connectivity index (χ2n) is 3.49. The third-order valence-electron chi connectivity index (χ3n) is 2.14. The van der Waals surface area contributed by atoms with Gasteiger partial charge in [-0.2, -0.15) is 0 Å². The van der Waals surface area contributed by atoms with Gasteiger partial charge in [0, 0.05) is 21.5 Å². The molecule has 0 aromatic heterocycles. The number of Topliss-reactive ketones (excluding diaryl/α,β-unsaturated/α-hetero) is 1. The van der Waals surface area contributed by atoms with Gasteiger partial charge in [0.25, 0.3) is 0 Å². The Morgan fingerprint density at radius 2 is 2.12 bits per heavy atom.